The van der Waals surface area contributed by atoms with Gasteiger partial charge in [0.2, 0.25) is 10.0 Å². The van der Waals surface area contributed by atoms with Crippen LogP contribution in [0.25, 0.3) is 0 Å². The van der Waals surface area contributed by atoms with Gasteiger partial charge in [0.1, 0.15) is 17.3 Å². The van der Waals surface area contributed by atoms with E-state index >= 15 is 0 Å². The maximum Gasteiger partial charge on any atom is 0.244 e. The summed E-state index contributed by atoms with van der Waals surface area (Å²) in [6, 6.07) is 6.85. The van der Waals surface area contributed by atoms with Gasteiger partial charge >= 0.3 is 0 Å². The minimum absolute atomic E-state index is 0.0822. The number of sulfonamides is 1. The van der Waals surface area contributed by atoms with E-state index in [1.165, 1.54) is 0 Å². The lowest BCUT2D eigenvalue weighted by Crippen LogP contribution is -2.42. The van der Waals surface area contributed by atoms with E-state index in [2.05, 4.69) is 4.72 Å². The monoisotopic (exact) mass is 310 g/mol. The van der Waals surface area contributed by atoms with Gasteiger partial charge in [-0.15, -0.1) is 0 Å². The summed E-state index contributed by atoms with van der Waals surface area (Å²) in [5.41, 5.74) is 5.95. The number of ether oxygens (including phenoxy) is 1. The SMILES string of the molecule is NC1(COc2ccccc2S(=O)(=O)NC2CC2)CCCC1. The summed E-state index contributed by atoms with van der Waals surface area (Å²) in [4.78, 5) is 0.207. The summed E-state index contributed by atoms with van der Waals surface area (Å²) < 4.78 is 33.2. The third-order valence-corrected chi connectivity index (χ3v) is 5.71. The molecular weight excluding hydrogens is 288 g/mol. The van der Waals surface area contributed by atoms with Crippen LogP contribution in [0.1, 0.15) is 38.5 Å². The lowest BCUT2D eigenvalue weighted by Gasteiger charge is -2.24. The van der Waals surface area contributed by atoms with Gasteiger partial charge < -0.3 is 10.5 Å². The lowest BCUT2D eigenvalue weighted by atomic mass is 10.0. The smallest absolute Gasteiger partial charge is 0.244 e. The van der Waals surface area contributed by atoms with E-state index in [9.17, 15) is 8.42 Å². The first-order chi connectivity index (χ1) is 9.99. The zero-order chi connectivity index (χ0) is 14.9. The molecule has 0 atom stereocenters. The number of rotatable bonds is 6. The molecule has 0 spiro atoms. The molecule has 0 aromatic heterocycles. The second-order valence-corrected chi connectivity index (χ2v) is 7.88. The van der Waals surface area contributed by atoms with Gasteiger partial charge in [0, 0.05) is 6.04 Å². The van der Waals surface area contributed by atoms with Gasteiger partial charge in [0.25, 0.3) is 0 Å². The van der Waals surface area contributed by atoms with Crippen LogP contribution in [0.3, 0.4) is 0 Å². The molecule has 0 bridgehead atoms. The van der Waals surface area contributed by atoms with E-state index in [1.54, 1.807) is 24.3 Å². The predicted molar refractivity (Wildman–Crippen MR) is 80.7 cm³/mol. The van der Waals surface area contributed by atoms with Crippen molar-refractivity contribution in [1.29, 1.82) is 0 Å². The van der Waals surface area contributed by atoms with E-state index in [-0.39, 0.29) is 16.5 Å². The van der Waals surface area contributed by atoms with Crippen molar-refractivity contribution in [3.63, 3.8) is 0 Å². The van der Waals surface area contributed by atoms with Crippen LogP contribution in [0.15, 0.2) is 29.2 Å². The topological polar surface area (TPSA) is 81.4 Å². The Kier molecular flexibility index (Phi) is 3.94. The molecule has 3 rings (SSSR count). The average molecular weight is 310 g/mol. The van der Waals surface area contributed by atoms with Gasteiger partial charge in [0.15, 0.2) is 0 Å². The normalized spacial score (nSPS) is 21.4. The van der Waals surface area contributed by atoms with Crippen molar-refractivity contribution in [2.75, 3.05) is 6.61 Å². The molecule has 1 aromatic rings. The van der Waals surface area contributed by atoms with Crippen molar-refractivity contribution in [2.45, 2.75) is 55.0 Å². The number of nitrogens with two attached hydrogens (primary N) is 1. The van der Waals surface area contributed by atoms with Crippen molar-refractivity contribution < 1.29 is 13.2 Å². The lowest BCUT2D eigenvalue weighted by molar-refractivity contribution is 0.216. The van der Waals surface area contributed by atoms with Crippen molar-refractivity contribution >= 4 is 10.0 Å². The van der Waals surface area contributed by atoms with E-state index in [4.69, 9.17) is 10.5 Å². The Morgan fingerprint density at radius 2 is 1.90 bits per heavy atom. The van der Waals surface area contributed by atoms with Crippen LogP contribution in [0.5, 0.6) is 5.75 Å². The van der Waals surface area contributed by atoms with Crippen LogP contribution >= 0.6 is 0 Å². The number of hydrogen-bond donors (Lipinski definition) is 2. The molecule has 1 aromatic carbocycles. The molecule has 2 aliphatic rings. The summed E-state index contributed by atoms with van der Waals surface area (Å²) in [6.45, 7) is 0.364. The van der Waals surface area contributed by atoms with Crippen molar-refractivity contribution in [3.05, 3.63) is 24.3 Å². The molecule has 0 heterocycles. The summed E-state index contributed by atoms with van der Waals surface area (Å²) in [7, 11) is -3.51. The number of benzene rings is 1. The summed E-state index contributed by atoms with van der Waals surface area (Å²) in [5, 5.41) is 0. The van der Waals surface area contributed by atoms with Crippen molar-refractivity contribution in [2.24, 2.45) is 5.73 Å². The van der Waals surface area contributed by atoms with Crippen LogP contribution in [-0.2, 0) is 10.0 Å². The van der Waals surface area contributed by atoms with Crippen LogP contribution in [-0.4, -0.2) is 26.6 Å². The first-order valence-corrected chi connectivity index (χ1v) is 9.00. The maximum atomic E-state index is 12.4. The Morgan fingerprint density at radius 3 is 2.57 bits per heavy atom. The maximum absolute atomic E-state index is 12.4. The largest absolute Gasteiger partial charge is 0.490 e. The van der Waals surface area contributed by atoms with Crippen LogP contribution < -0.4 is 15.2 Å². The van der Waals surface area contributed by atoms with E-state index < -0.39 is 10.0 Å². The summed E-state index contributed by atoms with van der Waals surface area (Å²) >= 11 is 0. The Bertz CT molecular complexity index is 605. The molecule has 2 fully saturated rings. The summed E-state index contributed by atoms with van der Waals surface area (Å²) in [5.74, 6) is 0.391. The van der Waals surface area contributed by atoms with Gasteiger partial charge in [-0.25, -0.2) is 13.1 Å². The second kappa shape index (κ2) is 5.59. The van der Waals surface area contributed by atoms with Crippen LogP contribution in [0.4, 0.5) is 0 Å². The highest BCUT2D eigenvalue weighted by Crippen LogP contribution is 2.31. The van der Waals surface area contributed by atoms with Gasteiger partial charge in [-0.1, -0.05) is 25.0 Å². The minimum Gasteiger partial charge on any atom is -0.490 e. The molecule has 2 saturated carbocycles. The average Bonchev–Trinajstić information content (AvgIpc) is 3.15. The molecule has 3 N–H and O–H groups in total. The molecule has 0 unspecified atom stereocenters. The van der Waals surface area contributed by atoms with Crippen molar-refractivity contribution in [1.82, 2.24) is 4.72 Å². The van der Waals surface area contributed by atoms with Gasteiger partial charge in [0.05, 0.1) is 5.54 Å². The quantitative estimate of drug-likeness (QED) is 0.839. The zero-order valence-corrected chi connectivity index (χ0v) is 12.9. The number of hydrogen-bond acceptors (Lipinski definition) is 4. The Hall–Kier alpha value is -1.11. The number of nitrogens with one attached hydrogen (secondary N) is 1. The first-order valence-electron chi connectivity index (χ1n) is 7.52. The van der Waals surface area contributed by atoms with E-state index in [1.807, 2.05) is 0 Å². The third-order valence-electron chi connectivity index (χ3n) is 4.15. The molecule has 6 heteroatoms. The van der Waals surface area contributed by atoms with E-state index in [0.29, 0.717) is 12.4 Å². The fourth-order valence-electron chi connectivity index (χ4n) is 2.72. The fraction of sp³-hybridized carbons (Fsp3) is 0.600. The number of para-hydroxylation sites is 1. The molecule has 0 amide bonds. The fourth-order valence-corrected chi connectivity index (χ4v) is 4.17. The standard InChI is InChI=1S/C15H22N2O3S/c16-15(9-3-4-10-15)11-20-13-5-1-2-6-14(13)21(18,19)17-12-7-8-12/h1-2,5-6,12,17H,3-4,7-11,16H2. The van der Waals surface area contributed by atoms with Gasteiger partial charge in [-0.05, 0) is 37.8 Å². The highest BCUT2D eigenvalue weighted by atomic mass is 32.2. The predicted octanol–water partition coefficient (Wildman–Crippen LogP) is 1.78. The molecule has 2 aliphatic carbocycles. The van der Waals surface area contributed by atoms with E-state index in [0.717, 1.165) is 38.5 Å². The molecular formula is C15H22N2O3S. The third kappa shape index (κ3) is 3.56. The van der Waals surface area contributed by atoms with Gasteiger partial charge in [-0.3, -0.25) is 0 Å². The molecule has 0 aliphatic heterocycles. The second-order valence-electron chi connectivity index (χ2n) is 6.20. The molecule has 0 radical (unpaired) electrons. The molecule has 116 valence electrons. The Labute approximate surface area is 125 Å². The molecule has 0 saturated heterocycles. The molecule has 21 heavy (non-hydrogen) atoms. The minimum atomic E-state index is -3.51. The van der Waals surface area contributed by atoms with Gasteiger partial charge in [-0.2, -0.15) is 0 Å². The summed E-state index contributed by atoms with van der Waals surface area (Å²) in [6.07, 6.45) is 5.92. The molecule has 5 nitrogen and oxygen atoms in total. The zero-order valence-electron chi connectivity index (χ0n) is 12.0. The van der Waals surface area contributed by atoms with Crippen molar-refractivity contribution in [3.8, 4) is 5.75 Å². The first kappa shape index (κ1) is 14.8. The highest BCUT2D eigenvalue weighted by Gasteiger charge is 2.32. The van der Waals surface area contributed by atoms with Crippen LogP contribution in [0.2, 0.25) is 0 Å². The van der Waals surface area contributed by atoms with Crippen LogP contribution in [0, 0.1) is 0 Å². The Morgan fingerprint density at radius 1 is 1.24 bits per heavy atom. The Balaban J connectivity index is 1.75. The highest BCUT2D eigenvalue weighted by molar-refractivity contribution is 7.89.